The van der Waals surface area contributed by atoms with Crippen LogP contribution in [0.4, 0.5) is 0 Å². The number of thioether (sulfide) groups is 1. The smallest absolute Gasteiger partial charge is 0.136 e. The summed E-state index contributed by atoms with van der Waals surface area (Å²) in [5, 5.41) is 0. The molecule has 0 bridgehead atoms. The highest BCUT2D eigenvalue weighted by molar-refractivity contribution is 8.22. The van der Waals surface area contributed by atoms with Gasteiger partial charge < -0.3 is 4.90 Å². The minimum absolute atomic E-state index is 0.576. The first-order valence-electron chi connectivity index (χ1n) is 7.40. The minimum atomic E-state index is 0.576. The van der Waals surface area contributed by atoms with Gasteiger partial charge in [-0.05, 0) is 44.4 Å². The Hall–Kier alpha value is 0.240. The fourth-order valence-electron chi connectivity index (χ4n) is 2.99. The van der Waals surface area contributed by atoms with Gasteiger partial charge in [0.15, 0.2) is 0 Å². The Morgan fingerprint density at radius 1 is 1.33 bits per heavy atom. The second-order valence-electron chi connectivity index (χ2n) is 6.20. The molecule has 0 saturated heterocycles. The molecule has 1 atom stereocenters. The van der Waals surface area contributed by atoms with Crippen molar-refractivity contribution in [1.82, 2.24) is 4.90 Å². The molecule has 0 aromatic carbocycles. The molecule has 106 valence electrons. The zero-order valence-electron chi connectivity index (χ0n) is 12.5. The van der Waals surface area contributed by atoms with Crippen LogP contribution < -0.4 is 0 Å². The Kier molecular flexibility index (Phi) is 7.01. The SMILES string of the molecule is CCN(CC)C(=S)SCCC1CCCC(C)(C)C1. The second kappa shape index (κ2) is 7.74. The van der Waals surface area contributed by atoms with Crippen molar-refractivity contribution in [3.63, 3.8) is 0 Å². The van der Waals surface area contributed by atoms with Gasteiger partial charge in [0, 0.05) is 18.8 Å². The van der Waals surface area contributed by atoms with Crippen molar-refractivity contribution in [3.05, 3.63) is 0 Å². The van der Waals surface area contributed by atoms with Crippen LogP contribution in [0.3, 0.4) is 0 Å². The predicted molar refractivity (Wildman–Crippen MR) is 88.3 cm³/mol. The average Bonchev–Trinajstić information content (AvgIpc) is 2.29. The highest BCUT2D eigenvalue weighted by Crippen LogP contribution is 2.40. The van der Waals surface area contributed by atoms with Crippen molar-refractivity contribution in [1.29, 1.82) is 0 Å². The molecule has 1 fully saturated rings. The van der Waals surface area contributed by atoms with Crippen LogP contribution in [0.15, 0.2) is 0 Å². The quantitative estimate of drug-likeness (QED) is 0.658. The normalized spacial score (nSPS) is 22.8. The van der Waals surface area contributed by atoms with E-state index >= 15 is 0 Å². The van der Waals surface area contributed by atoms with E-state index in [1.807, 2.05) is 11.8 Å². The van der Waals surface area contributed by atoms with Crippen LogP contribution in [0.1, 0.15) is 59.8 Å². The van der Waals surface area contributed by atoms with Gasteiger partial charge >= 0.3 is 0 Å². The maximum absolute atomic E-state index is 5.47. The first-order chi connectivity index (χ1) is 8.48. The van der Waals surface area contributed by atoms with Gasteiger partial charge in [0.1, 0.15) is 4.32 Å². The lowest BCUT2D eigenvalue weighted by atomic mass is 9.71. The maximum atomic E-state index is 5.47. The highest BCUT2D eigenvalue weighted by atomic mass is 32.2. The van der Waals surface area contributed by atoms with Crippen LogP contribution in [0.2, 0.25) is 0 Å². The molecular weight excluding hydrogens is 258 g/mol. The van der Waals surface area contributed by atoms with E-state index in [9.17, 15) is 0 Å². The highest BCUT2D eigenvalue weighted by Gasteiger charge is 2.27. The Morgan fingerprint density at radius 3 is 2.56 bits per heavy atom. The summed E-state index contributed by atoms with van der Waals surface area (Å²) in [4.78, 5) is 2.28. The largest absolute Gasteiger partial charge is 0.358 e. The van der Waals surface area contributed by atoms with Gasteiger partial charge in [0.2, 0.25) is 0 Å². The third-order valence-corrected chi connectivity index (χ3v) is 5.64. The number of thiocarbonyl (C=S) groups is 1. The van der Waals surface area contributed by atoms with E-state index in [1.54, 1.807) is 0 Å². The molecule has 0 spiro atoms. The van der Waals surface area contributed by atoms with Gasteiger partial charge in [-0.1, -0.05) is 50.7 Å². The van der Waals surface area contributed by atoms with Crippen LogP contribution in [-0.4, -0.2) is 28.1 Å². The Morgan fingerprint density at radius 2 is 2.00 bits per heavy atom. The van der Waals surface area contributed by atoms with Crippen LogP contribution in [0, 0.1) is 11.3 Å². The van der Waals surface area contributed by atoms with E-state index in [-0.39, 0.29) is 0 Å². The molecule has 0 aliphatic heterocycles. The van der Waals surface area contributed by atoms with Crippen LogP contribution in [0.5, 0.6) is 0 Å². The first kappa shape index (κ1) is 16.3. The molecule has 1 rings (SSSR count). The molecule has 1 nitrogen and oxygen atoms in total. The fraction of sp³-hybridized carbons (Fsp3) is 0.933. The first-order valence-corrected chi connectivity index (χ1v) is 8.79. The van der Waals surface area contributed by atoms with Crippen LogP contribution in [0.25, 0.3) is 0 Å². The zero-order valence-corrected chi connectivity index (χ0v) is 14.1. The van der Waals surface area contributed by atoms with E-state index in [0.29, 0.717) is 5.41 Å². The van der Waals surface area contributed by atoms with Gasteiger partial charge in [-0.15, -0.1) is 0 Å². The number of rotatable bonds is 5. The topological polar surface area (TPSA) is 3.24 Å². The van der Waals surface area contributed by atoms with Gasteiger partial charge in [0.25, 0.3) is 0 Å². The molecule has 0 aromatic heterocycles. The van der Waals surface area contributed by atoms with Gasteiger partial charge in [-0.2, -0.15) is 0 Å². The van der Waals surface area contributed by atoms with Gasteiger partial charge in [0.05, 0.1) is 0 Å². The van der Waals surface area contributed by atoms with Crippen LogP contribution in [-0.2, 0) is 0 Å². The third kappa shape index (κ3) is 5.48. The standard InChI is InChI=1S/C15H29NS2/c1-5-16(6-2)14(17)18-11-9-13-8-7-10-15(3,4)12-13/h13H,5-12H2,1-4H3. The monoisotopic (exact) mass is 287 g/mol. The molecule has 3 heteroatoms. The molecule has 18 heavy (non-hydrogen) atoms. The Labute approximate surface area is 123 Å². The maximum Gasteiger partial charge on any atom is 0.136 e. The lowest BCUT2D eigenvalue weighted by Gasteiger charge is -2.35. The van der Waals surface area contributed by atoms with E-state index in [0.717, 1.165) is 23.3 Å². The van der Waals surface area contributed by atoms with E-state index in [2.05, 4.69) is 32.6 Å². The summed E-state index contributed by atoms with van der Waals surface area (Å²) < 4.78 is 1.09. The summed E-state index contributed by atoms with van der Waals surface area (Å²) in [6.07, 6.45) is 7.01. The Bertz CT molecular complexity index is 259. The molecular formula is C15H29NS2. The van der Waals surface area contributed by atoms with Crippen molar-refractivity contribution in [3.8, 4) is 0 Å². The summed E-state index contributed by atoms with van der Waals surface area (Å²) in [6.45, 7) is 11.3. The van der Waals surface area contributed by atoms with Crippen molar-refractivity contribution in [2.75, 3.05) is 18.8 Å². The minimum Gasteiger partial charge on any atom is -0.358 e. The number of hydrogen-bond acceptors (Lipinski definition) is 2. The van der Waals surface area contributed by atoms with E-state index < -0.39 is 0 Å². The summed E-state index contributed by atoms with van der Waals surface area (Å²) in [5.74, 6) is 2.14. The molecule has 0 N–H and O–H groups in total. The summed E-state index contributed by atoms with van der Waals surface area (Å²) >= 11 is 7.36. The molecule has 1 saturated carbocycles. The molecule has 0 heterocycles. The van der Waals surface area contributed by atoms with Crippen molar-refractivity contribution in [2.45, 2.75) is 59.8 Å². The van der Waals surface area contributed by atoms with Gasteiger partial charge in [-0.3, -0.25) is 0 Å². The molecule has 1 aliphatic rings. The summed E-state index contributed by atoms with van der Waals surface area (Å²) in [7, 11) is 0. The lowest BCUT2D eigenvalue weighted by Crippen LogP contribution is -2.27. The van der Waals surface area contributed by atoms with Crippen molar-refractivity contribution < 1.29 is 0 Å². The fourth-order valence-corrected chi connectivity index (χ4v) is 4.56. The number of hydrogen-bond donors (Lipinski definition) is 0. The molecule has 0 radical (unpaired) electrons. The summed E-state index contributed by atoms with van der Waals surface area (Å²) in [6, 6.07) is 0. The molecule has 0 amide bonds. The van der Waals surface area contributed by atoms with E-state index in [1.165, 1.54) is 37.9 Å². The Balaban J connectivity index is 2.23. The van der Waals surface area contributed by atoms with Crippen LogP contribution >= 0.6 is 24.0 Å². The molecule has 1 aliphatic carbocycles. The molecule has 0 aromatic rings. The summed E-state index contributed by atoms with van der Waals surface area (Å²) in [5.41, 5.74) is 0.576. The number of nitrogens with zero attached hydrogens (tertiary/aromatic N) is 1. The predicted octanol–water partition coefficient (Wildman–Crippen LogP) is 4.95. The second-order valence-corrected chi connectivity index (χ2v) is 7.93. The van der Waals surface area contributed by atoms with Crippen molar-refractivity contribution in [2.24, 2.45) is 11.3 Å². The van der Waals surface area contributed by atoms with Crippen molar-refractivity contribution >= 4 is 28.3 Å². The average molecular weight is 288 g/mol. The van der Waals surface area contributed by atoms with Gasteiger partial charge in [-0.25, -0.2) is 0 Å². The third-order valence-electron chi connectivity index (χ3n) is 4.08. The van der Waals surface area contributed by atoms with E-state index in [4.69, 9.17) is 12.2 Å². The molecule has 1 unspecified atom stereocenters. The lowest BCUT2D eigenvalue weighted by molar-refractivity contribution is 0.178. The zero-order chi connectivity index (χ0) is 13.6.